The molecule has 108 valence electrons. The van der Waals surface area contributed by atoms with Crippen molar-refractivity contribution in [1.29, 1.82) is 0 Å². The van der Waals surface area contributed by atoms with E-state index in [9.17, 15) is 23.2 Å². The van der Waals surface area contributed by atoms with Gasteiger partial charge in [0.05, 0.1) is 5.56 Å². The van der Waals surface area contributed by atoms with Gasteiger partial charge in [-0.2, -0.15) is 0 Å². The zero-order valence-corrected chi connectivity index (χ0v) is 10.8. The molecule has 0 aliphatic carbocycles. The molecule has 0 aromatic heterocycles. The highest BCUT2D eigenvalue weighted by Gasteiger charge is 2.42. The summed E-state index contributed by atoms with van der Waals surface area (Å²) in [6, 6.07) is 0.780. The number of amides is 3. The van der Waals surface area contributed by atoms with E-state index in [0.717, 1.165) is 17.0 Å². The molecule has 2 aliphatic rings. The molecular formula is C14H10F2N2O3. The first kappa shape index (κ1) is 13.4. The molecule has 2 heterocycles. The van der Waals surface area contributed by atoms with Crippen LogP contribution in [0.3, 0.4) is 0 Å². The molecule has 1 fully saturated rings. The van der Waals surface area contributed by atoms with Gasteiger partial charge in [-0.15, -0.1) is 0 Å². The van der Waals surface area contributed by atoms with Crippen LogP contribution in [0.4, 0.5) is 8.78 Å². The Hall–Kier alpha value is -2.57. The summed E-state index contributed by atoms with van der Waals surface area (Å²) in [5.74, 6) is -3.88. The van der Waals surface area contributed by atoms with Crippen molar-refractivity contribution in [2.75, 3.05) is 0 Å². The van der Waals surface area contributed by atoms with E-state index >= 15 is 0 Å². The molecule has 1 saturated heterocycles. The van der Waals surface area contributed by atoms with Crippen molar-refractivity contribution in [1.82, 2.24) is 10.2 Å². The molecule has 1 unspecified atom stereocenters. The molecule has 2 aliphatic heterocycles. The van der Waals surface area contributed by atoms with Gasteiger partial charge in [0.2, 0.25) is 11.8 Å². The predicted octanol–water partition coefficient (Wildman–Crippen LogP) is 1.20. The normalized spacial score (nSPS) is 21.6. The Kier molecular flexibility index (Phi) is 2.86. The van der Waals surface area contributed by atoms with E-state index in [2.05, 4.69) is 11.9 Å². The van der Waals surface area contributed by atoms with Gasteiger partial charge in [-0.05, 0) is 18.6 Å². The molecule has 0 saturated carbocycles. The molecule has 1 atom stereocenters. The number of hydrogen-bond acceptors (Lipinski definition) is 3. The Morgan fingerprint density at radius 1 is 1.14 bits per heavy atom. The first-order chi connectivity index (χ1) is 9.90. The number of halogens is 2. The molecule has 5 nitrogen and oxygen atoms in total. The van der Waals surface area contributed by atoms with E-state index in [1.54, 1.807) is 0 Å². The van der Waals surface area contributed by atoms with E-state index in [4.69, 9.17) is 0 Å². The van der Waals surface area contributed by atoms with Crippen molar-refractivity contribution < 1.29 is 23.2 Å². The second kappa shape index (κ2) is 4.47. The van der Waals surface area contributed by atoms with Gasteiger partial charge >= 0.3 is 0 Å². The third-order valence-corrected chi connectivity index (χ3v) is 3.63. The number of rotatable bonds is 1. The van der Waals surface area contributed by atoms with Crippen LogP contribution in [0, 0.1) is 11.6 Å². The fourth-order valence-corrected chi connectivity index (χ4v) is 2.60. The van der Waals surface area contributed by atoms with Gasteiger partial charge in [-0.3, -0.25) is 24.6 Å². The fraction of sp³-hybridized carbons (Fsp3) is 0.214. The van der Waals surface area contributed by atoms with Crippen molar-refractivity contribution in [2.45, 2.75) is 18.9 Å². The highest BCUT2D eigenvalue weighted by molar-refractivity contribution is 6.12. The molecule has 3 amide bonds. The Morgan fingerprint density at radius 3 is 2.38 bits per heavy atom. The average molecular weight is 292 g/mol. The van der Waals surface area contributed by atoms with Gasteiger partial charge in [-0.25, -0.2) is 8.78 Å². The Bertz CT molecular complexity index is 673. The molecule has 21 heavy (non-hydrogen) atoms. The molecule has 1 N–H and O–H groups in total. The number of nitrogens with zero attached hydrogens (tertiary/aromatic N) is 1. The lowest BCUT2D eigenvalue weighted by atomic mass is 10.0. The number of imide groups is 1. The monoisotopic (exact) mass is 292 g/mol. The number of piperidine rings is 1. The topological polar surface area (TPSA) is 66.5 Å². The molecule has 1 aromatic carbocycles. The maximum Gasteiger partial charge on any atom is 0.259 e. The lowest BCUT2D eigenvalue weighted by Gasteiger charge is -2.30. The molecule has 0 spiro atoms. The van der Waals surface area contributed by atoms with Crippen LogP contribution in [0.2, 0.25) is 0 Å². The molecule has 7 heteroatoms. The van der Waals surface area contributed by atoms with Gasteiger partial charge in [0, 0.05) is 17.7 Å². The van der Waals surface area contributed by atoms with E-state index in [1.807, 2.05) is 0 Å². The van der Waals surface area contributed by atoms with Crippen molar-refractivity contribution in [2.24, 2.45) is 0 Å². The van der Waals surface area contributed by atoms with Gasteiger partial charge in [0.15, 0.2) is 11.6 Å². The van der Waals surface area contributed by atoms with Crippen molar-refractivity contribution >= 4 is 23.4 Å². The lowest BCUT2D eigenvalue weighted by molar-refractivity contribution is -0.136. The summed E-state index contributed by atoms with van der Waals surface area (Å²) >= 11 is 0. The summed E-state index contributed by atoms with van der Waals surface area (Å²) in [5, 5.41) is 2.14. The Balaban J connectivity index is 2.00. The van der Waals surface area contributed by atoms with Crippen LogP contribution >= 0.6 is 0 Å². The van der Waals surface area contributed by atoms with Crippen LogP contribution in [-0.4, -0.2) is 28.7 Å². The number of benzene rings is 1. The Morgan fingerprint density at radius 2 is 1.76 bits per heavy atom. The summed E-state index contributed by atoms with van der Waals surface area (Å²) in [6.07, 6.45) is 0.237. The molecule has 3 rings (SSSR count). The summed E-state index contributed by atoms with van der Waals surface area (Å²) in [4.78, 5) is 36.4. The number of fused-ring (bicyclic) bond motifs is 1. The van der Waals surface area contributed by atoms with Gasteiger partial charge in [-0.1, -0.05) is 6.58 Å². The quantitative estimate of drug-likeness (QED) is 0.791. The van der Waals surface area contributed by atoms with Crippen LogP contribution in [-0.2, 0) is 9.59 Å². The lowest BCUT2D eigenvalue weighted by Crippen LogP contribution is -2.52. The minimum Gasteiger partial charge on any atom is -0.296 e. The third kappa shape index (κ3) is 1.93. The number of carbonyl (C=O) groups is 3. The van der Waals surface area contributed by atoms with Crippen LogP contribution < -0.4 is 5.32 Å². The first-order valence-electron chi connectivity index (χ1n) is 6.25. The molecular weight excluding hydrogens is 282 g/mol. The zero-order chi connectivity index (χ0) is 15.3. The maximum absolute atomic E-state index is 13.3. The molecule has 0 bridgehead atoms. The number of hydrogen-bond donors (Lipinski definition) is 1. The molecule has 1 aromatic rings. The third-order valence-electron chi connectivity index (χ3n) is 3.63. The van der Waals surface area contributed by atoms with E-state index in [0.29, 0.717) is 0 Å². The molecule has 0 radical (unpaired) electrons. The van der Waals surface area contributed by atoms with Crippen LogP contribution in [0.5, 0.6) is 0 Å². The van der Waals surface area contributed by atoms with Crippen molar-refractivity contribution in [3.63, 3.8) is 0 Å². The highest BCUT2D eigenvalue weighted by atomic mass is 19.2. The second-order valence-corrected chi connectivity index (χ2v) is 4.90. The van der Waals surface area contributed by atoms with Crippen LogP contribution in [0.1, 0.15) is 28.8 Å². The maximum atomic E-state index is 13.3. The first-order valence-corrected chi connectivity index (χ1v) is 6.25. The summed E-state index contributed by atoms with van der Waals surface area (Å²) in [7, 11) is 0. The minimum absolute atomic E-state index is 0.0383. The van der Waals surface area contributed by atoms with Crippen LogP contribution in [0.15, 0.2) is 18.7 Å². The standard InChI is InChI=1S/C14H10F2N2O3/c1-6-7-4-9(15)10(16)5-8(7)14(21)18(6)11-2-3-12(19)17-13(11)20/h4-5,11H,1-3H2,(H,17,19,20). The predicted molar refractivity (Wildman–Crippen MR) is 67.7 cm³/mol. The SMILES string of the molecule is C=C1c2cc(F)c(F)cc2C(=O)N1C1CCC(=O)NC1=O. The van der Waals surface area contributed by atoms with E-state index in [1.165, 1.54) is 0 Å². The van der Waals surface area contributed by atoms with E-state index in [-0.39, 0.29) is 29.7 Å². The largest absolute Gasteiger partial charge is 0.296 e. The van der Waals surface area contributed by atoms with Gasteiger partial charge in [0.25, 0.3) is 5.91 Å². The van der Waals surface area contributed by atoms with Crippen LogP contribution in [0.25, 0.3) is 5.70 Å². The van der Waals surface area contributed by atoms with Gasteiger partial charge in [0.1, 0.15) is 6.04 Å². The van der Waals surface area contributed by atoms with Gasteiger partial charge < -0.3 is 0 Å². The Labute approximate surface area is 118 Å². The average Bonchev–Trinajstić information content (AvgIpc) is 2.64. The number of carbonyl (C=O) groups excluding carboxylic acids is 3. The number of nitrogens with one attached hydrogen (secondary N) is 1. The summed E-state index contributed by atoms with van der Waals surface area (Å²) in [5.41, 5.74) is 0.246. The van der Waals surface area contributed by atoms with Crippen molar-refractivity contribution in [3.05, 3.63) is 41.5 Å². The fourth-order valence-electron chi connectivity index (χ4n) is 2.60. The summed E-state index contributed by atoms with van der Waals surface area (Å²) < 4.78 is 26.6. The zero-order valence-electron chi connectivity index (χ0n) is 10.8. The van der Waals surface area contributed by atoms with Crippen molar-refractivity contribution in [3.8, 4) is 0 Å². The second-order valence-electron chi connectivity index (χ2n) is 4.90. The highest BCUT2D eigenvalue weighted by Crippen LogP contribution is 2.35. The van der Waals surface area contributed by atoms with E-state index < -0.39 is 35.4 Å². The smallest absolute Gasteiger partial charge is 0.259 e. The summed E-state index contributed by atoms with van der Waals surface area (Å²) in [6.45, 7) is 3.68. The minimum atomic E-state index is -1.14.